The number of hydrogen-bond acceptors (Lipinski definition) is 5. The molecule has 0 aliphatic carbocycles. The van der Waals surface area contributed by atoms with E-state index in [1.54, 1.807) is 19.1 Å². The molecule has 1 saturated heterocycles. The Morgan fingerprint density at radius 1 is 1.39 bits per heavy atom. The summed E-state index contributed by atoms with van der Waals surface area (Å²) in [5.41, 5.74) is 1.21. The van der Waals surface area contributed by atoms with Gasteiger partial charge >= 0.3 is 0 Å². The second kappa shape index (κ2) is 7.19. The summed E-state index contributed by atoms with van der Waals surface area (Å²) in [6.45, 7) is 3.46. The van der Waals surface area contributed by atoms with Crippen LogP contribution in [0.3, 0.4) is 0 Å². The molecule has 1 aromatic heterocycles. The van der Waals surface area contributed by atoms with Crippen molar-refractivity contribution in [3.63, 3.8) is 0 Å². The van der Waals surface area contributed by atoms with Crippen molar-refractivity contribution in [2.24, 2.45) is 0 Å². The standard InChI is InChI=1S/C17H22FN3O2/c1-12-5-6-13(10-15(12)18)17-19-16(23-20-17)11-21-8-3-2-4-14(21)7-9-22/h5-6,10,14,22H,2-4,7-9,11H2,1H3. The van der Waals surface area contributed by atoms with Crippen LogP contribution >= 0.6 is 0 Å². The third-order valence-corrected chi connectivity index (χ3v) is 4.45. The fourth-order valence-electron chi connectivity index (χ4n) is 3.09. The van der Waals surface area contributed by atoms with Gasteiger partial charge < -0.3 is 9.63 Å². The Morgan fingerprint density at radius 2 is 2.26 bits per heavy atom. The summed E-state index contributed by atoms with van der Waals surface area (Å²) >= 11 is 0. The molecule has 1 fully saturated rings. The molecule has 1 N–H and O–H groups in total. The number of hydrogen-bond donors (Lipinski definition) is 1. The van der Waals surface area contributed by atoms with E-state index in [4.69, 9.17) is 4.52 Å². The third kappa shape index (κ3) is 3.76. The van der Waals surface area contributed by atoms with Crippen LogP contribution in [-0.4, -0.2) is 39.3 Å². The topological polar surface area (TPSA) is 62.4 Å². The average molecular weight is 319 g/mol. The first-order valence-corrected chi connectivity index (χ1v) is 8.11. The Kier molecular flexibility index (Phi) is 5.03. The zero-order valence-corrected chi connectivity index (χ0v) is 13.3. The zero-order valence-electron chi connectivity index (χ0n) is 13.3. The second-order valence-corrected chi connectivity index (χ2v) is 6.11. The molecule has 1 atom stereocenters. The molecular weight excluding hydrogens is 297 g/mol. The van der Waals surface area contributed by atoms with Crippen molar-refractivity contribution in [1.82, 2.24) is 15.0 Å². The molecule has 1 aliphatic heterocycles. The summed E-state index contributed by atoms with van der Waals surface area (Å²) in [5.74, 6) is 0.674. The molecule has 2 aromatic rings. The van der Waals surface area contributed by atoms with Gasteiger partial charge in [0.25, 0.3) is 0 Å². The van der Waals surface area contributed by atoms with Gasteiger partial charge in [-0.1, -0.05) is 23.7 Å². The van der Waals surface area contributed by atoms with Crippen molar-refractivity contribution in [3.8, 4) is 11.4 Å². The Labute approximate surface area is 135 Å². The van der Waals surface area contributed by atoms with Gasteiger partial charge in [0.1, 0.15) is 5.82 Å². The summed E-state index contributed by atoms with van der Waals surface area (Å²) in [6.07, 6.45) is 4.19. The molecule has 124 valence electrons. The van der Waals surface area contributed by atoms with Crippen molar-refractivity contribution >= 4 is 0 Å². The van der Waals surface area contributed by atoms with Gasteiger partial charge in [-0.3, -0.25) is 4.90 Å². The molecule has 2 heterocycles. The number of aromatic nitrogens is 2. The molecule has 0 amide bonds. The third-order valence-electron chi connectivity index (χ3n) is 4.45. The van der Waals surface area contributed by atoms with E-state index in [-0.39, 0.29) is 12.4 Å². The summed E-state index contributed by atoms with van der Waals surface area (Å²) in [7, 11) is 0. The summed E-state index contributed by atoms with van der Waals surface area (Å²) in [5, 5.41) is 13.2. The lowest BCUT2D eigenvalue weighted by molar-refractivity contribution is 0.100. The highest BCUT2D eigenvalue weighted by Gasteiger charge is 2.24. The highest BCUT2D eigenvalue weighted by Crippen LogP contribution is 2.23. The molecule has 1 aliphatic rings. The maximum Gasteiger partial charge on any atom is 0.241 e. The van der Waals surface area contributed by atoms with Gasteiger partial charge in [0, 0.05) is 18.2 Å². The first-order chi connectivity index (χ1) is 11.2. The predicted octanol–water partition coefficient (Wildman–Crippen LogP) is 2.92. The van der Waals surface area contributed by atoms with E-state index in [0.29, 0.717) is 35.4 Å². The summed E-state index contributed by atoms with van der Waals surface area (Å²) in [6, 6.07) is 5.30. The number of benzene rings is 1. The lowest BCUT2D eigenvalue weighted by Gasteiger charge is -2.34. The van der Waals surface area contributed by atoms with Crippen LogP contribution < -0.4 is 0 Å². The van der Waals surface area contributed by atoms with Gasteiger partial charge in [-0.25, -0.2) is 4.39 Å². The number of likely N-dealkylation sites (tertiary alicyclic amines) is 1. The highest BCUT2D eigenvalue weighted by molar-refractivity contribution is 5.54. The van der Waals surface area contributed by atoms with Crippen LogP contribution in [-0.2, 0) is 6.54 Å². The van der Waals surface area contributed by atoms with Crippen LogP contribution in [0.5, 0.6) is 0 Å². The van der Waals surface area contributed by atoms with E-state index in [0.717, 1.165) is 25.8 Å². The van der Waals surface area contributed by atoms with E-state index in [9.17, 15) is 9.50 Å². The Hall–Kier alpha value is -1.79. The molecule has 0 spiro atoms. The Morgan fingerprint density at radius 3 is 3.04 bits per heavy atom. The molecule has 23 heavy (non-hydrogen) atoms. The van der Waals surface area contributed by atoms with Crippen LogP contribution in [0.2, 0.25) is 0 Å². The molecule has 1 unspecified atom stereocenters. The number of aliphatic hydroxyl groups is 1. The van der Waals surface area contributed by atoms with Gasteiger partial charge in [0.15, 0.2) is 0 Å². The number of rotatable bonds is 5. The first-order valence-electron chi connectivity index (χ1n) is 8.11. The van der Waals surface area contributed by atoms with Crippen molar-refractivity contribution in [2.75, 3.05) is 13.2 Å². The molecule has 3 rings (SSSR count). The Bertz CT molecular complexity index is 657. The molecule has 1 aromatic carbocycles. The fourth-order valence-corrected chi connectivity index (χ4v) is 3.09. The van der Waals surface area contributed by atoms with E-state index in [1.807, 2.05) is 0 Å². The van der Waals surface area contributed by atoms with Gasteiger partial charge in [-0.15, -0.1) is 0 Å². The van der Waals surface area contributed by atoms with Crippen LogP contribution in [0.1, 0.15) is 37.1 Å². The lowest BCUT2D eigenvalue weighted by atomic mass is 10.00. The minimum absolute atomic E-state index is 0.193. The highest BCUT2D eigenvalue weighted by atomic mass is 19.1. The number of nitrogens with zero attached hydrogens (tertiary/aromatic N) is 3. The molecule has 0 saturated carbocycles. The number of aryl methyl sites for hydroxylation is 1. The quantitative estimate of drug-likeness (QED) is 0.918. The van der Waals surface area contributed by atoms with Crippen LogP contribution in [0.25, 0.3) is 11.4 Å². The SMILES string of the molecule is Cc1ccc(-c2noc(CN3CCCCC3CCO)n2)cc1F. The van der Waals surface area contributed by atoms with Crippen LogP contribution in [0.15, 0.2) is 22.7 Å². The van der Waals surface area contributed by atoms with Crippen LogP contribution in [0.4, 0.5) is 4.39 Å². The second-order valence-electron chi connectivity index (χ2n) is 6.11. The van der Waals surface area contributed by atoms with Gasteiger partial charge in [0.2, 0.25) is 11.7 Å². The van der Waals surface area contributed by atoms with Gasteiger partial charge in [-0.2, -0.15) is 4.98 Å². The molecule has 6 heteroatoms. The van der Waals surface area contributed by atoms with Crippen LogP contribution in [0, 0.1) is 12.7 Å². The van der Waals surface area contributed by atoms with Crippen molar-refractivity contribution in [1.29, 1.82) is 0 Å². The number of piperidine rings is 1. The number of aliphatic hydroxyl groups excluding tert-OH is 1. The molecular formula is C17H22FN3O2. The van der Waals surface area contributed by atoms with Crippen molar-refractivity contribution < 1.29 is 14.0 Å². The predicted molar refractivity (Wildman–Crippen MR) is 84.2 cm³/mol. The van der Waals surface area contributed by atoms with E-state index < -0.39 is 0 Å². The lowest BCUT2D eigenvalue weighted by Crippen LogP contribution is -2.39. The summed E-state index contributed by atoms with van der Waals surface area (Å²) in [4.78, 5) is 6.68. The Balaban J connectivity index is 1.72. The monoisotopic (exact) mass is 319 g/mol. The summed E-state index contributed by atoms with van der Waals surface area (Å²) < 4.78 is 19.0. The van der Waals surface area contributed by atoms with Crippen molar-refractivity contribution in [3.05, 3.63) is 35.5 Å². The molecule has 0 radical (unpaired) electrons. The number of halogens is 1. The zero-order chi connectivity index (χ0) is 16.2. The smallest absolute Gasteiger partial charge is 0.241 e. The first kappa shape index (κ1) is 16.1. The maximum absolute atomic E-state index is 13.7. The maximum atomic E-state index is 13.7. The fraction of sp³-hybridized carbons (Fsp3) is 0.529. The normalized spacial score (nSPS) is 19.2. The average Bonchev–Trinajstić information content (AvgIpc) is 3.01. The van der Waals surface area contributed by atoms with Crippen molar-refractivity contribution in [2.45, 2.75) is 45.2 Å². The molecule has 5 nitrogen and oxygen atoms in total. The molecule has 0 bridgehead atoms. The van der Waals surface area contributed by atoms with E-state index >= 15 is 0 Å². The van der Waals surface area contributed by atoms with Gasteiger partial charge in [-0.05, 0) is 44.4 Å². The minimum atomic E-state index is -0.270. The largest absolute Gasteiger partial charge is 0.396 e. The van der Waals surface area contributed by atoms with E-state index in [2.05, 4.69) is 15.0 Å². The van der Waals surface area contributed by atoms with E-state index in [1.165, 1.54) is 12.5 Å². The minimum Gasteiger partial charge on any atom is -0.396 e. The van der Waals surface area contributed by atoms with Gasteiger partial charge in [0.05, 0.1) is 6.54 Å².